The number of hydrogen-bond donors (Lipinski definition) is 3. The molecule has 0 aliphatic heterocycles. The smallest absolute Gasteiger partial charge is 0.327 e. The van der Waals surface area contributed by atoms with E-state index in [-0.39, 0.29) is 0 Å². The number of hydrogen-bond acceptors (Lipinski definition) is 3. The Morgan fingerprint density at radius 2 is 1.93 bits per heavy atom. The van der Waals surface area contributed by atoms with Crippen molar-refractivity contribution < 1.29 is 20.1 Å². The van der Waals surface area contributed by atoms with E-state index in [1.54, 1.807) is 13.0 Å². The van der Waals surface area contributed by atoms with Gasteiger partial charge in [0.25, 0.3) is 0 Å². The molecule has 0 bridgehead atoms. The van der Waals surface area contributed by atoms with Gasteiger partial charge < -0.3 is 15.3 Å². The van der Waals surface area contributed by atoms with Gasteiger partial charge in [-0.05, 0) is 26.2 Å². The molecule has 88 valence electrons. The lowest BCUT2D eigenvalue weighted by atomic mass is 10.1. The molecule has 0 aliphatic carbocycles. The molecular formula is C11H20O4. The Bertz CT molecular complexity index is 199. The van der Waals surface area contributed by atoms with E-state index in [1.807, 2.05) is 0 Å². The largest absolute Gasteiger partial charge is 0.478 e. The maximum Gasteiger partial charge on any atom is 0.327 e. The van der Waals surface area contributed by atoms with Crippen LogP contribution < -0.4 is 0 Å². The summed E-state index contributed by atoms with van der Waals surface area (Å²) < 4.78 is 0. The quantitative estimate of drug-likeness (QED) is 0.422. The van der Waals surface area contributed by atoms with E-state index in [0.29, 0.717) is 6.42 Å². The Morgan fingerprint density at radius 1 is 1.27 bits per heavy atom. The predicted octanol–water partition coefficient (Wildman–Crippen LogP) is 1.32. The van der Waals surface area contributed by atoms with Crippen molar-refractivity contribution in [2.45, 2.75) is 51.2 Å². The molecule has 3 N–H and O–H groups in total. The molecule has 0 saturated heterocycles. The highest BCUT2D eigenvalue weighted by Crippen LogP contribution is 2.08. The summed E-state index contributed by atoms with van der Waals surface area (Å²) in [5, 5.41) is 26.6. The fraction of sp³-hybridized carbons (Fsp3) is 0.727. The Balaban J connectivity index is 3.29. The van der Waals surface area contributed by atoms with Crippen molar-refractivity contribution in [2.24, 2.45) is 0 Å². The van der Waals surface area contributed by atoms with Gasteiger partial charge in [0.15, 0.2) is 0 Å². The summed E-state index contributed by atoms with van der Waals surface area (Å²) in [6.07, 6.45) is 5.52. The van der Waals surface area contributed by atoms with Crippen molar-refractivity contribution in [3.63, 3.8) is 0 Å². The first kappa shape index (κ1) is 14.1. The maximum absolute atomic E-state index is 10.1. The number of unbranched alkanes of at least 4 members (excludes halogenated alkanes) is 3. The van der Waals surface area contributed by atoms with Gasteiger partial charge in [0.2, 0.25) is 0 Å². The van der Waals surface area contributed by atoms with Crippen molar-refractivity contribution in [1.82, 2.24) is 0 Å². The highest BCUT2D eigenvalue weighted by molar-refractivity contribution is 5.79. The van der Waals surface area contributed by atoms with Crippen LogP contribution in [0, 0.1) is 0 Å². The molecular weight excluding hydrogens is 196 g/mol. The van der Waals surface area contributed by atoms with Gasteiger partial charge in [-0.15, -0.1) is 0 Å². The van der Waals surface area contributed by atoms with Crippen LogP contribution in [0.5, 0.6) is 0 Å². The van der Waals surface area contributed by atoms with E-state index in [0.717, 1.165) is 31.8 Å². The van der Waals surface area contributed by atoms with Gasteiger partial charge in [0, 0.05) is 6.08 Å². The molecule has 0 fully saturated rings. The van der Waals surface area contributed by atoms with Crippen molar-refractivity contribution in [1.29, 1.82) is 0 Å². The van der Waals surface area contributed by atoms with Crippen molar-refractivity contribution in [3.05, 3.63) is 12.2 Å². The summed E-state index contributed by atoms with van der Waals surface area (Å²) in [6, 6.07) is 0. The average molecular weight is 216 g/mol. The minimum absolute atomic E-state index is 0.598. The highest BCUT2D eigenvalue weighted by Gasteiger charge is 2.09. The molecule has 0 radical (unpaired) electrons. The summed E-state index contributed by atoms with van der Waals surface area (Å²) >= 11 is 0. The Morgan fingerprint density at radius 3 is 2.47 bits per heavy atom. The van der Waals surface area contributed by atoms with E-state index < -0.39 is 18.2 Å². The van der Waals surface area contributed by atoms with Gasteiger partial charge in [0.1, 0.15) is 0 Å². The molecule has 4 nitrogen and oxygen atoms in total. The van der Waals surface area contributed by atoms with Gasteiger partial charge in [0.05, 0.1) is 12.2 Å². The highest BCUT2D eigenvalue weighted by atomic mass is 16.4. The Hall–Kier alpha value is -0.870. The second kappa shape index (κ2) is 8.44. The Kier molecular flexibility index (Phi) is 7.95. The van der Waals surface area contributed by atoms with Gasteiger partial charge in [-0.3, -0.25) is 0 Å². The number of carboxylic acid groups (broad SMARTS) is 1. The third-order valence-corrected chi connectivity index (χ3v) is 2.19. The SMILES string of the molecule is CC(O)[C@@H](O)CCCCC/C=C/C(=O)O. The number of carboxylic acids is 1. The standard InChI is InChI=1S/C11H20O4/c1-9(12)10(13)7-5-3-2-4-6-8-11(14)15/h6,8-10,12-13H,2-5,7H2,1H3,(H,14,15)/b8-6+/t9?,10-/m0/s1. The second-order valence-electron chi connectivity index (χ2n) is 3.69. The third kappa shape index (κ3) is 9.43. The van der Waals surface area contributed by atoms with Gasteiger partial charge in [-0.25, -0.2) is 4.79 Å². The lowest BCUT2D eigenvalue weighted by Gasteiger charge is -2.12. The molecule has 1 unspecified atom stereocenters. The van der Waals surface area contributed by atoms with Gasteiger partial charge in [-0.2, -0.15) is 0 Å². The number of aliphatic hydroxyl groups excluding tert-OH is 2. The second-order valence-corrected chi connectivity index (χ2v) is 3.69. The molecule has 2 atom stereocenters. The molecule has 0 saturated carbocycles. The van der Waals surface area contributed by atoms with Crippen LogP contribution in [-0.2, 0) is 4.79 Å². The minimum Gasteiger partial charge on any atom is -0.478 e. The van der Waals surface area contributed by atoms with Crippen LogP contribution in [0.15, 0.2) is 12.2 Å². The molecule has 0 aromatic heterocycles. The molecule has 15 heavy (non-hydrogen) atoms. The first-order valence-corrected chi connectivity index (χ1v) is 5.29. The number of aliphatic hydroxyl groups is 2. The van der Waals surface area contributed by atoms with Crippen LogP contribution in [0.25, 0.3) is 0 Å². The first-order valence-electron chi connectivity index (χ1n) is 5.29. The van der Waals surface area contributed by atoms with E-state index >= 15 is 0 Å². The molecule has 0 aromatic rings. The molecule has 4 heteroatoms. The molecule has 0 aromatic carbocycles. The average Bonchev–Trinajstić information content (AvgIpc) is 2.15. The van der Waals surface area contributed by atoms with Crippen molar-refractivity contribution in [3.8, 4) is 0 Å². The fourth-order valence-corrected chi connectivity index (χ4v) is 1.22. The number of carbonyl (C=O) groups is 1. The van der Waals surface area contributed by atoms with Crippen LogP contribution in [0.3, 0.4) is 0 Å². The summed E-state index contributed by atoms with van der Waals surface area (Å²) in [4.78, 5) is 10.1. The number of allylic oxidation sites excluding steroid dienone is 1. The van der Waals surface area contributed by atoms with E-state index in [2.05, 4.69) is 0 Å². The lowest BCUT2D eigenvalue weighted by Crippen LogP contribution is -2.21. The third-order valence-electron chi connectivity index (χ3n) is 2.19. The summed E-state index contributed by atoms with van der Waals surface area (Å²) in [5.74, 6) is -0.917. The van der Waals surface area contributed by atoms with E-state index in [9.17, 15) is 9.90 Å². The number of rotatable bonds is 8. The lowest BCUT2D eigenvalue weighted by molar-refractivity contribution is -0.131. The predicted molar refractivity (Wildman–Crippen MR) is 57.5 cm³/mol. The van der Waals surface area contributed by atoms with E-state index in [4.69, 9.17) is 10.2 Å². The van der Waals surface area contributed by atoms with Crippen molar-refractivity contribution in [2.75, 3.05) is 0 Å². The van der Waals surface area contributed by atoms with Crippen LogP contribution >= 0.6 is 0 Å². The van der Waals surface area contributed by atoms with Crippen LogP contribution in [-0.4, -0.2) is 33.5 Å². The zero-order chi connectivity index (χ0) is 11.7. The monoisotopic (exact) mass is 216 g/mol. The zero-order valence-corrected chi connectivity index (χ0v) is 9.09. The molecule has 0 aliphatic rings. The molecule has 0 spiro atoms. The molecule has 0 heterocycles. The van der Waals surface area contributed by atoms with Gasteiger partial charge in [-0.1, -0.05) is 18.9 Å². The van der Waals surface area contributed by atoms with Crippen LogP contribution in [0.2, 0.25) is 0 Å². The van der Waals surface area contributed by atoms with Gasteiger partial charge >= 0.3 is 5.97 Å². The summed E-state index contributed by atoms with van der Waals surface area (Å²) in [6.45, 7) is 1.57. The van der Waals surface area contributed by atoms with E-state index in [1.165, 1.54) is 0 Å². The normalized spacial score (nSPS) is 15.4. The fourth-order valence-electron chi connectivity index (χ4n) is 1.22. The summed E-state index contributed by atoms with van der Waals surface area (Å²) in [5.41, 5.74) is 0. The topological polar surface area (TPSA) is 77.8 Å². The maximum atomic E-state index is 10.1. The number of aliphatic carboxylic acids is 1. The van der Waals surface area contributed by atoms with Crippen LogP contribution in [0.4, 0.5) is 0 Å². The summed E-state index contributed by atoms with van der Waals surface area (Å²) in [7, 11) is 0. The molecule has 0 amide bonds. The molecule has 0 rings (SSSR count). The Labute approximate surface area is 90.2 Å². The van der Waals surface area contributed by atoms with Crippen molar-refractivity contribution >= 4 is 5.97 Å². The minimum atomic E-state index is -0.917. The first-order chi connectivity index (χ1) is 7.04. The van der Waals surface area contributed by atoms with Crippen LogP contribution in [0.1, 0.15) is 39.0 Å². The zero-order valence-electron chi connectivity index (χ0n) is 9.09.